The number of hydrogen-bond acceptors (Lipinski definition) is 14. The van der Waals surface area contributed by atoms with Crippen LogP contribution in [-0.4, -0.2) is 132 Å². The van der Waals surface area contributed by atoms with Crippen LogP contribution < -0.4 is 20.3 Å². The molecular weight excluding hydrogens is 801 g/mol. The largest absolute Gasteiger partial charge is 0.491 e. The van der Waals surface area contributed by atoms with Crippen LogP contribution in [0.15, 0.2) is 79.0 Å². The SMILES string of the molecule is CN(C)c1ccc(-c2ccc(-c3nc4ccc(NCCOCCOCCOCCOCCOCCOc5ccc6c(c5)CN(C5CCC(=O)NC5=O)C6=O)cc4s3)cc2)cn1. The summed E-state index contributed by atoms with van der Waals surface area (Å²) >= 11 is 1.68. The number of anilines is 2. The van der Waals surface area contributed by atoms with Gasteiger partial charge in [-0.25, -0.2) is 9.97 Å². The summed E-state index contributed by atoms with van der Waals surface area (Å²) in [4.78, 5) is 49.5. The zero-order valence-corrected chi connectivity index (χ0v) is 35.4. The van der Waals surface area contributed by atoms with Crippen molar-refractivity contribution in [1.82, 2.24) is 20.2 Å². The van der Waals surface area contributed by atoms with Gasteiger partial charge in [-0.3, -0.25) is 19.7 Å². The van der Waals surface area contributed by atoms with Crippen molar-refractivity contribution in [2.45, 2.75) is 25.4 Å². The number of benzene rings is 3. The Kier molecular flexibility index (Phi) is 15.6. The highest BCUT2D eigenvalue weighted by Gasteiger charge is 2.39. The number of rotatable bonds is 24. The smallest absolute Gasteiger partial charge is 0.255 e. The molecule has 3 aromatic carbocycles. The van der Waals surface area contributed by atoms with E-state index in [2.05, 4.69) is 52.0 Å². The standard InChI is InChI=1S/C45H52N6O9S/c1-50(2)41-13-7-33(29-47-41)31-3-5-32(6-4-31)44-48-38-11-8-35(28-40(38)61-44)46-15-16-55-17-18-56-19-20-57-21-22-58-23-24-59-25-26-60-36-9-10-37-34(27-36)30-51(45(37)54)39-12-14-42(52)49-43(39)53/h3-11,13,27-29,39,46H,12,14-26,30H2,1-2H3,(H,49,52,53). The number of piperidine rings is 1. The van der Waals surface area contributed by atoms with Crippen molar-refractivity contribution in [2.75, 3.05) is 104 Å². The molecule has 0 bridgehead atoms. The molecule has 2 aromatic heterocycles. The van der Waals surface area contributed by atoms with Crippen molar-refractivity contribution in [3.05, 3.63) is 90.1 Å². The third-order valence-corrected chi connectivity index (χ3v) is 11.2. The van der Waals surface area contributed by atoms with E-state index >= 15 is 0 Å². The van der Waals surface area contributed by atoms with Crippen LogP contribution in [0.3, 0.4) is 0 Å². The molecule has 1 fully saturated rings. The van der Waals surface area contributed by atoms with E-state index in [-0.39, 0.29) is 18.2 Å². The van der Waals surface area contributed by atoms with Gasteiger partial charge in [-0.2, -0.15) is 0 Å². The van der Waals surface area contributed by atoms with Crippen LogP contribution in [0.4, 0.5) is 11.5 Å². The van der Waals surface area contributed by atoms with Crippen LogP contribution in [0.25, 0.3) is 31.9 Å². The van der Waals surface area contributed by atoms with Gasteiger partial charge in [0.05, 0.1) is 76.3 Å². The molecule has 2 aliphatic rings. The highest BCUT2D eigenvalue weighted by atomic mass is 32.1. The molecule has 0 aliphatic carbocycles. The van der Waals surface area contributed by atoms with Crippen molar-refractivity contribution in [2.24, 2.45) is 0 Å². The number of nitrogens with zero attached hydrogens (tertiary/aromatic N) is 4. The van der Waals surface area contributed by atoms with Gasteiger partial charge in [0.1, 0.15) is 29.2 Å². The average molecular weight is 853 g/mol. The summed E-state index contributed by atoms with van der Waals surface area (Å²) in [5, 5.41) is 6.74. The second-order valence-corrected chi connectivity index (χ2v) is 15.7. The van der Waals surface area contributed by atoms with Gasteiger partial charge in [-0.1, -0.05) is 24.3 Å². The second-order valence-electron chi connectivity index (χ2n) is 14.6. The molecule has 1 unspecified atom stereocenters. The number of pyridine rings is 1. The molecule has 1 atom stereocenters. The quantitative estimate of drug-likeness (QED) is 0.0598. The Hall–Kier alpha value is -5.49. The summed E-state index contributed by atoms with van der Waals surface area (Å²) in [6, 6.07) is 23.4. The first-order valence-electron chi connectivity index (χ1n) is 20.5. The maximum absolute atomic E-state index is 12.8. The van der Waals surface area contributed by atoms with Gasteiger partial charge in [0, 0.05) is 62.2 Å². The van der Waals surface area contributed by atoms with E-state index in [9.17, 15) is 14.4 Å². The number of hydrogen-bond donors (Lipinski definition) is 2. The van der Waals surface area contributed by atoms with Crippen LogP contribution in [0.2, 0.25) is 0 Å². The molecule has 15 nitrogen and oxygen atoms in total. The Morgan fingerprint density at radius 1 is 0.754 bits per heavy atom. The fraction of sp³-hybridized carbons (Fsp3) is 0.400. The fourth-order valence-electron chi connectivity index (χ4n) is 6.89. The number of amides is 3. The summed E-state index contributed by atoms with van der Waals surface area (Å²) in [5.74, 6) is 0.608. The average Bonchev–Trinajstić information content (AvgIpc) is 3.84. The molecule has 16 heteroatoms. The molecule has 2 aliphatic heterocycles. The summed E-state index contributed by atoms with van der Waals surface area (Å²) < 4.78 is 35.0. The number of carbonyl (C=O) groups excluding carboxylic acids is 3. The van der Waals surface area contributed by atoms with E-state index in [0.29, 0.717) is 103 Å². The summed E-state index contributed by atoms with van der Waals surface area (Å²) in [6.07, 6.45) is 2.46. The predicted molar refractivity (Wildman–Crippen MR) is 233 cm³/mol. The molecular formula is C45H52N6O9S. The van der Waals surface area contributed by atoms with Crippen LogP contribution in [0.1, 0.15) is 28.8 Å². The highest BCUT2D eigenvalue weighted by Crippen LogP contribution is 2.33. The van der Waals surface area contributed by atoms with Crippen LogP contribution >= 0.6 is 11.3 Å². The van der Waals surface area contributed by atoms with Crippen molar-refractivity contribution < 1.29 is 42.8 Å². The third kappa shape index (κ3) is 12.1. The first kappa shape index (κ1) is 43.6. The lowest BCUT2D eigenvalue weighted by atomic mass is 10.0. The number of nitrogens with one attached hydrogen (secondary N) is 2. The van der Waals surface area contributed by atoms with Gasteiger partial charge < -0.3 is 43.5 Å². The van der Waals surface area contributed by atoms with E-state index in [1.165, 1.54) is 4.90 Å². The van der Waals surface area contributed by atoms with Crippen LogP contribution in [0.5, 0.6) is 5.75 Å². The van der Waals surface area contributed by atoms with Crippen LogP contribution in [-0.2, 0) is 39.8 Å². The Morgan fingerprint density at radius 3 is 2.07 bits per heavy atom. The minimum absolute atomic E-state index is 0.211. The molecule has 1 saturated heterocycles. The van der Waals surface area contributed by atoms with E-state index in [0.717, 1.165) is 49.0 Å². The highest BCUT2D eigenvalue weighted by molar-refractivity contribution is 7.21. The topological polar surface area (TPSA) is 163 Å². The molecule has 3 amide bonds. The molecule has 5 aromatic rings. The first-order valence-corrected chi connectivity index (χ1v) is 21.3. The maximum Gasteiger partial charge on any atom is 0.255 e. The van der Waals surface area contributed by atoms with Crippen molar-refractivity contribution in [1.29, 1.82) is 0 Å². The molecule has 4 heterocycles. The van der Waals surface area contributed by atoms with E-state index in [1.54, 1.807) is 23.5 Å². The van der Waals surface area contributed by atoms with Gasteiger partial charge in [0.25, 0.3) is 5.91 Å². The molecule has 0 radical (unpaired) electrons. The molecule has 0 spiro atoms. The lowest BCUT2D eigenvalue weighted by Gasteiger charge is -2.29. The number of carbonyl (C=O) groups is 3. The van der Waals surface area contributed by atoms with Crippen molar-refractivity contribution in [3.8, 4) is 27.4 Å². The number of fused-ring (bicyclic) bond motifs is 2. The lowest BCUT2D eigenvalue weighted by molar-refractivity contribution is -0.136. The summed E-state index contributed by atoms with van der Waals surface area (Å²) in [7, 11) is 3.97. The number of imide groups is 1. The monoisotopic (exact) mass is 852 g/mol. The Labute approximate surface area is 359 Å². The minimum atomic E-state index is -0.641. The summed E-state index contributed by atoms with van der Waals surface area (Å²) in [5.41, 5.74) is 6.64. The molecule has 7 rings (SSSR count). The summed E-state index contributed by atoms with van der Waals surface area (Å²) in [6.45, 7) is 5.99. The van der Waals surface area contributed by atoms with Gasteiger partial charge in [-0.15, -0.1) is 11.3 Å². The number of aromatic nitrogens is 2. The third-order valence-electron chi connectivity index (χ3n) is 10.1. The van der Waals surface area contributed by atoms with Gasteiger partial charge in [0.2, 0.25) is 11.8 Å². The predicted octanol–water partition coefficient (Wildman–Crippen LogP) is 5.43. The van der Waals surface area contributed by atoms with Crippen LogP contribution in [0, 0.1) is 0 Å². The van der Waals surface area contributed by atoms with E-state index in [4.69, 9.17) is 33.4 Å². The number of ether oxygens (including phenoxy) is 6. The normalized spacial score (nSPS) is 15.0. The Balaban J connectivity index is 0.660. The minimum Gasteiger partial charge on any atom is -0.491 e. The second kappa shape index (κ2) is 21.9. The fourth-order valence-corrected chi connectivity index (χ4v) is 7.90. The molecule has 322 valence electrons. The van der Waals surface area contributed by atoms with Crippen molar-refractivity contribution in [3.63, 3.8) is 0 Å². The van der Waals surface area contributed by atoms with E-state index < -0.39 is 11.9 Å². The Morgan fingerprint density at radius 2 is 1.41 bits per heavy atom. The molecule has 61 heavy (non-hydrogen) atoms. The molecule has 2 N–H and O–H groups in total. The van der Waals surface area contributed by atoms with E-state index in [1.807, 2.05) is 49.5 Å². The first-order chi connectivity index (χ1) is 29.8. The Bertz CT molecular complexity index is 2230. The van der Waals surface area contributed by atoms with Gasteiger partial charge in [-0.05, 0) is 66.1 Å². The maximum atomic E-state index is 12.8. The zero-order valence-electron chi connectivity index (χ0n) is 34.6. The van der Waals surface area contributed by atoms with Crippen molar-refractivity contribution >= 4 is 50.8 Å². The van der Waals surface area contributed by atoms with Gasteiger partial charge >= 0.3 is 0 Å². The zero-order chi connectivity index (χ0) is 42.4. The molecule has 0 saturated carbocycles. The lowest BCUT2D eigenvalue weighted by Crippen LogP contribution is -2.52. The number of thiazole rings is 1. The van der Waals surface area contributed by atoms with Gasteiger partial charge in [0.15, 0.2) is 0 Å².